The van der Waals surface area contributed by atoms with Gasteiger partial charge in [0.25, 0.3) is 0 Å². The third-order valence-electron chi connectivity index (χ3n) is 3.12. The molecule has 0 aliphatic heterocycles. The van der Waals surface area contributed by atoms with E-state index in [0.717, 1.165) is 19.5 Å². The molecule has 0 aliphatic rings. The molecule has 0 bridgehead atoms. The highest BCUT2D eigenvalue weighted by molar-refractivity contribution is 5.23. The maximum atomic E-state index is 5.68. The van der Waals surface area contributed by atoms with Crippen molar-refractivity contribution in [3.63, 3.8) is 0 Å². The fourth-order valence-electron chi connectivity index (χ4n) is 1.89. The molecule has 6 nitrogen and oxygen atoms in total. The van der Waals surface area contributed by atoms with Crippen molar-refractivity contribution in [1.29, 1.82) is 0 Å². The van der Waals surface area contributed by atoms with Crippen LogP contribution in [0.5, 0.6) is 0 Å². The summed E-state index contributed by atoms with van der Waals surface area (Å²) in [6, 6.07) is 4.66. The second kappa shape index (κ2) is 7.00. The quantitative estimate of drug-likeness (QED) is 0.831. The first-order chi connectivity index (χ1) is 9.70. The smallest absolute Gasteiger partial charge is 0.317 e. The van der Waals surface area contributed by atoms with Crippen molar-refractivity contribution in [1.82, 2.24) is 20.5 Å². The maximum absolute atomic E-state index is 5.68. The van der Waals surface area contributed by atoms with Crippen LogP contribution in [-0.4, -0.2) is 35.3 Å². The van der Waals surface area contributed by atoms with Gasteiger partial charge in [0.2, 0.25) is 5.89 Å². The molecule has 0 saturated heterocycles. The Hall–Kier alpha value is -1.95. The molecule has 20 heavy (non-hydrogen) atoms. The molecule has 0 radical (unpaired) electrons. The average molecular weight is 275 g/mol. The van der Waals surface area contributed by atoms with Gasteiger partial charge in [0.1, 0.15) is 0 Å². The fourth-order valence-corrected chi connectivity index (χ4v) is 1.89. The topological polar surface area (TPSA) is 67.1 Å². The molecule has 6 heteroatoms. The van der Waals surface area contributed by atoms with E-state index in [1.807, 2.05) is 31.0 Å². The molecule has 1 atom stereocenters. The number of pyridine rings is 1. The summed E-state index contributed by atoms with van der Waals surface area (Å²) >= 11 is 0. The van der Waals surface area contributed by atoms with E-state index in [4.69, 9.17) is 4.42 Å². The number of hydrogen-bond acceptors (Lipinski definition) is 6. The monoisotopic (exact) mass is 275 g/mol. The Morgan fingerprint density at radius 1 is 1.30 bits per heavy atom. The Balaban J connectivity index is 1.91. The highest BCUT2D eigenvalue weighted by Gasteiger charge is 2.15. The summed E-state index contributed by atoms with van der Waals surface area (Å²) in [4.78, 5) is 5.98. The Morgan fingerprint density at radius 2 is 2.05 bits per heavy atom. The van der Waals surface area contributed by atoms with E-state index in [-0.39, 0.29) is 6.04 Å². The third kappa shape index (κ3) is 3.77. The first-order valence-corrected chi connectivity index (χ1v) is 6.87. The predicted molar refractivity (Wildman–Crippen MR) is 77.6 cm³/mol. The van der Waals surface area contributed by atoms with Crippen molar-refractivity contribution in [2.75, 3.05) is 25.0 Å². The van der Waals surface area contributed by atoms with E-state index >= 15 is 0 Å². The molecule has 0 fully saturated rings. The van der Waals surface area contributed by atoms with Crippen LogP contribution in [0.25, 0.3) is 0 Å². The Morgan fingerprint density at radius 3 is 2.75 bits per heavy atom. The van der Waals surface area contributed by atoms with Gasteiger partial charge in [-0.1, -0.05) is 12.0 Å². The standard InChI is InChI=1S/C14H21N5O/c1-4-16-11(2)13-17-18-14(20-13)19(3)10-7-12-5-8-15-9-6-12/h5-6,8-9,11,16H,4,7,10H2,1-3H3. The summed E-state index contributed by atoms with van der Waals surface area (Å²) in [5.41, 5.74) is 1.24. The van der Waals surface area contributed by atoms with Crippen molar-refractivity contribution < 1.29 is 4.42 Å². The van der Waals surface area contributed by atoms with Crippen LogP contribution in [0.2, 0.25) is 0 Å². The number of likely N-dealkylation sites (N-methyl/N-ethyl adjacent to an activating group) is 1. The molecule has 108 valence electrons. The average Bonchev–Trinajstić information content (AvgIpc) is 2.96. The largest absolute Gasteiger partial charge is 0.406 e. The highest BCUT2D eigenvalue weighted by Crippen LogP contribution is 2.16. The van der Waals surface area contributed by atoms with E-state index < -0.39 is 0 Å². The Kier molecular flexibility index (Phi) is 5.06. The van der Waals surface area contributed by atoms with Gasteiger partial charge in [0, 0.05) is 26.0 Å². The van der Waals surface area contributed by atoms with E-state index in [1.54, 1.807) is 12.4 Å². The van der Waals surface area contributed by atoms with E-state index in [2.05, 4.69) is 27.4 Å². The van der Waals surface area contributed by atoms with Crippen LogP contribution in [0.4, 0.5) is 6.01 Å². The van der Waals surface area contributed by atoms with Gasteiger partial charge in [-0.05, 0) is 37.6 Å². The number of rotatable bonds is 7. The van der Waals surface area contributed by atoms with Gasteiger partial charge in [-0.15, -0.1) is 5.10 Å². The van der Waals surface area contributed by atoms with Gasteiger partial charge in [0.05, 0.1) is 6.04 Å². The predicted octanol–water partition coefficient (Wildman–Crippen LogP) is 1.81. The van der Waals surface area contributed by atoms with Gasteiger partial charge in [-0.2, -0.15) is 0 Å². The van der Waals surface area contributed by atoms with Crippen LogP contribution in [0.1, 0.15) is 31.3 Å². The lowest BCUT2D eigenvalue weighted by Gasteiger charge is -2.13. The minimum absolute atomic E-state index is 0.0786. The molecule has 0 aliphatic carbocycles. The molecular formula is C14H21N5O. The summed E-state index contributed by atoms with van der Waals surface area (Å²) < 4.78 is 5.68. The lowest BCUT2D eigenvalue weighted by Crippen LogP contribution is -2.20. The van der Waals surface area contributed by atoms with E-state index in [1.165, 1.54) is 5.56 Å². The summed E-state index contributed by atoms with van der Waals surface area (Å²) in [5, 5.41) is 11.4. The Labute approximate surface area is 119 Å². The zero-order valence-electron chi connectivity index (χ0n) is 12.2. The van der Waals surface area contributed by atoms with Gasteiger partial charge in [-0.3, -0.25) is 4.98 Å². The number of anilines is 1. The molecule has 0 spiro atoms. The molecular weight excluding hydrogens is 254 g/mol. The third-order valence-corrected chi connectivity index (χ3v) is 3.12. The first kappa shape index (κ1) is 14.5. The van der Waals surface area contributed by atoms with Gasteiger partial charge >= 0.3 is 6.01 Å². The van der Waals surface area contributed by atoms with Crippen LogP contribution in [0, 0.1) is 0 Å². The van der Waals surface area contributed by atoms with Crippen LogP contribution in [0.3, 0.4) is 0 Å². The number of hydrogen-bond donors (Lipinski definition) is 1. The number of aromatic nitrogens is 3. The van der Waals surface area contributed by atoms with Crippen molar-refractivity contribution in [3.8, 4) is 0 Å². The van der Waals surface area contributed by atoms with Crippen LogP contribution in [-0.2, 0) is 6.42 Å². The van der Waals surface area contributed by atoms with Crippen LogP contribution < -0.4 is 10.2 Å². The normalized spacial score (nSPS) is 12.3. The lowest BCUT2D eigenvalue weighted by atomic mass is 10.2. The molecule has 0 saturated carbocycles. The molecule has 2 heterocycles. The summed E-state index contributed by atoms with van der Waals surface area (Å²) in [6.45, 7) is 5.75. The van der Waals surface area contributed by atoms with Gasteiger partial charge in [0.15, 0.2) is 0 Å². The zero-order chi connectivity index (χ0) is 14.4. The fraction of sp³-hybridized carbons (Fsp3) is 0.500. The second-order valence-corrected chi connectivity index (χ2v) is 4.73. The summed E-state index contributed by atoms with van der Waals surface area (Å²) in [7, 11) is 1.95. The Bertz CT molecular complexity index is 513. The molecule has 1 N–H and O–H groups in total. The van der Waals surface area contributed by atoms with Crippen molar-refractivity contribution in [3.05, 3.63) is 36.0 Å². The lowest BCUT2D eigenvalue weighted by molar-refractivity contribution is 0.421. The van der Waals surface area contributed by atoms with Gasteiger partial charge in [-0.25, -0.2) is 0 Å². The summed E-state index contributed by atoms with van der Waals surface area (Å²) in [6.07, 6.45) is 4.52. The van der Waals surface area contributed by atoms with Crippen molar-refractivity contribution >= 4 is 6.01 Å². The van der Waals surface area contributed by atoms with E-state index in [0.29, 0.717) is 11.9 Å². The molecule has 0 amide bonds. The first-order valence-electron chi connectivity index (χ1n) is 6.87. The number of nitrogens with one attached hydrogen (secondary N) is 1. The summed E-state index contributed by atoms with van der Waals surface area (Å²) in [5.74, 6) is 0.623. The molecule has 2 aromatic rings. The maximum Gasteiger partial charge on any atom is 0.317 e. The minimum Gasteiger partial charge on any atom is -0.406 e. The zero-order valence-corrected chi connectivity index (χ0v) is 12.2. The molecule has 2 rings (SSSR count). The molecule has 2 aromatic heterocycles. The van der Waals surface area contributed by atoms with Crippen molar-refractivity contribution in [2.24, 2.45) is 0 Å². The van der Waals surface area contributed by atoms with Gasteiger partial charge < -0.3 is 14.6 Å². The molecule has 0 aromatic carbocycles. The second-order valence-electron chi connectivity index (χ2n) is 4.73. The van der Waals surface area contributed by atoms with Crippen molar-refractivity contribution in [2.45, 2.75) is 26.3 Å². The molecule has 1 unspecified atom stereocenters. The van der Waals surface area contributed by atoms with Crippen LogP contribution >= 0.6 is 0 Å². The van der Waals surface area contributed by atoms with E-state index in [9.17, 15) is 0 Å². The van der Waals surface area contributed by atoms with Crippen LogP contribution in [0.15, 0.2) is 28.9 Å². The highest BCUT2D eigenvalue weighted by atomic mass is 16.4. The number of nitrogens with zero attached hydrogens (tertiary/aromatic N) is 4. The SMILES string of the molecule is CCNC(C)c1nnc(N(C)CCc2ccncc2)o1. The minimum atomic E-state index is 0.0786.